The Balaban J connectivity index is 1.79. The van der Waals surface area contributed by atoms with Crippen LogP contribution in [0.25, 0.3) is 11.0 Å². The van der Waals surface area contributed by atoms with E-state index in [9.17, 15) is 9.59 Å². The standard InChI is InChI=1S/C18H15N3O5S/c1-25-14-6-9(2-5-13(14)26-8-16(23)24)10-7-15(22)19-11-3-4-12-18(17(10)11)21-27-20-12/h2-6,10H,7-8H2,1H3,(H,19,22)(H,23,24). The summed E-state index contributed by atoms with van der Waals surface area (Å²) in [6, 6.07) is 8.91. The predicted octanol–water partition coefficient (Wildman–Crippen LogP) is 2.64. The number of aromatic nitrogens is 2. The summed E-state index contributed by atoms with van der Waals surface area (Å²) in [5.41, 5.74) is 4.05. The van der Waals surface area contributed by atoms with Crippen LogP contribution >= 0.6 is 11.7 Å². The molecule has 0 radical (unpaired) electrons. The van der Waals surface area contributed by atoms with E-state index in [-0.39, 0.29) is 18.2 Å². The number of rotatable bonds is 5. The van der Waals surface area contributed by atoms with Crippen molar-refractivity contribution in [2.75, 3.05) is 19.0 Å². The van der Waals surface area contributed by atoms with Gasteiger partial charge in [-0.1, -0.05) is 6.07 Å². The van der Waals surface area contributed by atoms with Gasteiger partial charge in [0.2, 0.25) is 5.91 Å². The Hall–Kier alpha value is -3.20. The largest absolute Gasteiger partial charge is 0.493 e. The number of carboxylic acids is 1. The van der Waals surface area contributed by atoms with Gasteiger partial charge < -0.3 is 19.9 Å². The van der Waals surface area contributed by atoms with Crippen LogP contribution in [0, 0.1) is 0 Å². The summed E-state index contributed by atoms with van der Waals surface area (Å²) in [7, 11) is 1.48. The molecule has 138 valence electrons. The number of amides is 1. The van der Waals surface area contributed by atoms with Gasteiger partial charge in [0.25, 0.3) is 0 Å². The van der Waals surface area contributed by atoms with Crippen LogP contribution in [0.3, 0.4) is 0 Å². The van der Waals surface area contributed by atoms with E-state index in [1.165, 1.54) is 7.11 Å². The molecule has 9 heteroatoms. The number of ether oxygens (including phenoxy) is 2. The van der Waals surface area contributed by atoms with Crippen LogP contribution in [0.15, 0.2) is 30.3 Å². The van der Waals surface area contributed by atoms with Crippen molar-refractivity contribution in [3.63, 3.8) is 0 Å². The van der Waals surface area contributed by atoms with Gasteiger partial charge in [0.1, 0.15) is 11.0 Å². The van der Waals surface area contributed by atoms with E-state index in [1.54, 1.807) is 12.1 Å². The zero-order chi connectivity index (χ0) is 19.0. The number of methoxy groups -OCH3 is 1. The van der Waals surface area contributed by atoms with Crippen molar-refractivity contribution in [2.24, 2.45) is 0 Å². The molecular weight excluding hydrogens is 370 g/mol. The van der Waals surface area contributed by atoms with Gasteiger partial charge in [0, 0.05) is 23.6 Å². The molecule has 1 unspecified atom stereocenters. The molecule has 4 rings (SSSR count). The number of hydrogen-bond donors (Lipinski definition) is 2. The van der Waals surface area contributed by atoms with Crippen molar-refractivity contribution >= 4 is 40.3 Å². The summed E-state index contributed by atoms with van der Waals surface area (Å²) in [6.45, 7) is -0.463. The molecule has 2 aromatic carbocycles. The van der Waals surface area contributed by atoms with E-state index in [1.807, 2.05) is 18.2 Å². The van der Waals surface area contributed by atoms with Gasteiger partial charge in [-0.05, 0) is 29.8 Å². The maximum Gasteiger partial charge on any atom is 0.341 e. The first kappa shape index (κ1) is 17.2. The first-order valence-electron chi connectivity index (χ1n) is 8.14. The second kappa shape index (κ2) is 6.84. The predicted molar refractivity (Wildman–Crippen MR) is 98.6 cm³/mol. The van der Waals surface area contributed by atoms with E-state index < -0.39 is 12.6 Å². The molecule has 1 atom stereocenters. The van der Waals surface area contributed by atoms with E-state index >= 15 is 0 Å². The molecule has 1 aliphatic rings. The van der Waals surface area contributed by atoms with Gasteiger partial charge in [-0.3, -0.25) is 4.79 Å². The lowest BCUT2D eigenvalue weighted by molar-refractivity contribution is -0.139. The lowest BCUT2D eigenvalue weighted by atomic mass is 9.84. The maximum atomic E-state index is 12.2. The zero-order valence-electron chi connectivity index (χ0n) is 14.3. The highest BCUT2D eigenvalue weighted by molar-refractivity contribution is 7.00. The summed E-state index contributed by atoms with van der Waals surface area (Å²) in [5.74, 6) is -0.635. The maximum absolute atomic E-state index is 12.2. The highest BCUT2D eigenvalue weighted by atomic mass is 32.1. The fourth-order valence-corrected chi connectivity index (χ4v) is 3.82. The van der Waals surface area contributed by atoms with Gasteiger partial charge in [-0.2, -0.15) is 8.75 Å². The Morgan fingerprint density at radius 2 is 2.15 bits per heavy atom. The molecular formula is C18H15N3O5S. The number of nitrogens with zero attached hydrogens (tertiary/aromatic N) is 2. The highest BCUT2D eigenvalue weighted by Gasteiger charge is 2.30. The molecule has 0 saturated heterocycles. The second-order valence-electron chi connectivity index (χ2n) is 6.06. The van der Waals surface area contributed by atoms with Crippen LogP contribution in [-0.4, -0.2) is 39.4 Å². The average Bonchev–Trinajstić information content (AvgIpc) is 3.14. The second-order valence-corrected chi connectivity index (χ2v) is 6.58. The number of fused-ring (bicyclic) bond motifs is 3. The molecule has 27 heavy (non-hydrogen) atoms. The molecule has 1 aliphatic heterocycles. The van der Waals surface area contributed by atoms with Crippen molar-refractivity contribution in [2.45, 2.75) is 12.3 Å². The average molecular weight is 385 g/mol. The minimum absolute atomic E-state index is 0.0831. The highest BCUT2D eigenvalue weighted by Crippen LogP contribution is 2.42. The minimum Gasteiger partial charge on any atom is -0.493 e. The van der Waals surface area contributed by atoms with Gasteiger partial charge in [-0.15, -0.1) is 0 Å². The van der Waals surface area contributed by atoms with Gasteiger partial charge in [0.05, 0.1) is 18.8 Å². The molecule has 0 saturated carbocycles. The van der Waals surface area contributed by atoms with Gasteiger partial charge in [0.15, 0.2) is 18.1 Å². The van der Waals surface area contributed by atoms with Crippen molar-refractivity contribution < 1.29 is 24.2 Å². The molecule has 0 bridgehead atoms. The Kier molecular flexibility index (Phi) is 4.36. The Labute approximate surface area is 158 Å². The number of anilines is 1. The first-order valence-corrected chi connectivity index (χ1v) is 8.87. The SMILES string of the molecule is COc1cc(C2CC(=O)Nc3ccc4nsnc4c32)ccc1OCC(=O)O. The third-order valence-corrected chi connectivity index (χ3v) is 4.96. The van der Waals surface area contributed by atoms with Crippen LogP contribution in [0.2, 0.25) is 0 Å². The smallest absolute Gasteiger partial charge is 0.341 e. The number of benzene rings is 2. The molecule has 1 aromatic heterocycles. The number of carbonyl (C=O) groups excluding carboxylic acids is 1. The van der Waals surface area contributed by atoms with Crippen LogP contribution in [0.4, 0.5) is 5.69 Å². The Bertz CT molecular complexity index is 1050. The number of hydrogen-bond acceptors (Lipinski definition) is 7. The number of aliphatic carboxylic acids is 1. The third-order valence-electron chi connectivity index (χ3n) is 4.42. The van der Waals surface area contributed by atoms with E-state index in [0.717, 1.165) is 39.6 Å². The summed E-state index contributed by atoms with van der Waals surface area (Å²) < 4.78 is 19.3. The van der Waals surface area contributed by atoms with Crippen LogP contribution in [0.1, 0.15) is 23.5 Å². The van der Waals surface area contributed by atoms with Gasteiger partial charge >= 0.3 is 5.97 Å². The number of carbonyl (C=O) groups is 2. The molecule has 0 fully saturated rings. The van der Waals surface area contributed by atoms with E-state index in [2.05, 4.69) is 14.1 Å². The van der Waals surface area contributed by atoms with Crippen LogP contribution < -0.4 is 14.8 Å². The third kappa shape index (κ3) is 3.17. The zero-order valence-corrected chi connectivity index (χ0v) is 15.1. The Morgan fingerprint density at radius 1 is 1.30 bits per heavy atom. The van der Waals surface area contributed by atoms with Crippen molar-refractivity contribution in [1.29, 1.82) is 0 Å². The summed E-state index contributed by atoms with van der Waals surface area (Å²) in [5, 5.41) is 11.7. The van der Waals surface area contributed by atoms with E-state index in [4.69, 9.17) is 14.6 Å². The van der Waals surface area contributed by atoms with Crippen molar-refractivity contribution in [1.82, 2.24) is 8.75 Å². The Morgan fingerprint density at radius 3 is 2.93 bits per heavy atom. The van der Waals surface area contributed by atoms with Crippen LogP contribution in [0.5, 0.6) is 11.5 Å². The minimum atomic E-state index is -1.07. The topological polar surface area (TPSA) is 111 Å². The molecule has 2 N–H and O–H groups in total. The van der Waals surface area contributed by atoms with E-state index in [0.29, 0.717) is 11.5 Å². The lowest BCUT2D eigenvalue weighted by Crippen LogP contribution is -2.23. The normalized spacial score (nSPS) is 15.9. The molecule has 1 amide bonds. The summed E-state index contributed by atoms with van der Waals surface area (Å²) >= 11 is 1.13. The molecule has 3 aromatic rings. The lowest BCUT2D eigenvalue weighted by Gasteiger charge is -2.26. The molecule has 0 aliphatic carbocycles. The monoisotopic (exact) mass is 385 g/mol. The van der Waals surface area contributed by atoms with Crippen molar-refractivity contribution in [3.05, 3.63) is 41.5 Å². The number of carboxylic acid groups (broad SMARTS) is 1. The summed E-state index contributed by atoms with van der Waals surface area (Å²) in [4.78, 5) is 23.0. The summed E-state index contributed by atoms with van der Waals surface area (Å²) in [6.07, 6.45) is 0.266. The van der Waals surface area contributed by atoms with Crippen LogP contribution in [-0.2, 0) is 9.59 Å². The molecule has 2 heterocycles. The fraction of sp³-hybridized carbons (Fsp3) is 0.222. The molecule has 0 spiro atoms. The molecule has 8 nitrogen and oxygen atoms in total. The number of nitrogens with one attached hydrogen (secondary N) is 1. The van der Waals surface area contributed by atoms with Crippen molar-refractivity contribution in [3.8, 4) is 11.5 Å². The fourth-order valence-electron chi connectivity index (χ4n) is 3.27. The first-order chi connectivity index (χ1) is 13.1. The van der Waals surface area contributed by atoms with Gasteiger partial charge in [-0.25, -0.2) is 4.79 Å². The quantitative estimate of drug-likeness (QED) is 0.694.